The molecule has 0 saturated heterocycles. The smallest absolute Gasteiger partial charge is 0.407 e. The summed E-state index contributed by atoms with van der Waals surface area (Å²) >= 11 is 0. The van der Waals surface area contributed by atoms with Crippen molar-refractivity contribution in [2.45, 2.75) is 70.6 Å². The van der Waals surface area contributed by atoms with Crippen molar-refractivity contribution < 1.29 is 14.3 Å². The molecule has 226 valence electrons. The topological polar surface area (TPSA) is 101 Å². The fraction of sp³-hybridized carbons (Fsp3) is 0.394. The van der Waals surface area contributed by atoms with Crippen LogP contribution in [0.3, 0.4) is 0 Å². The van der Waals surface area contributed by atoms with E-state index in [0.29, 0.717) is 31.4 Å². The van der Waals surface area contributed by atoms with Crippen molar-refractivity contribution in [3.05, 3.63) is 93.0 Å². The summed E-state index contributed by atoms with van der Waals surface area (Å²) < 4.78 is 17.0. The molecule has 5 rings (SSSR count). The number of aromatic nitrogens is 3. The average Bonchev–Trinajstić information content (AvgIpc) is 2.94. The molecule has 4 aromatic rings. The van der Waals surface area contributed by atoms with Crippen LogP contribution in [0.2, 0.25) is 0 Å². The van der Waals surface area contributed by atoms with Crippen LogP contribution in [0.4, 0.5) is 9.18 Å². The van der Waals surface area contributed by atoms with Gasteiger partial charge in [-0.2, -0.15) is 0 Å². The maximum absolute atomic E-state index is 14.4. The Morgan fingerprint density at radius 1 is 1.00 bits per heavy atom. The number of rotatable bonds is 6. The Morgan fingerprint density at radius 3 is 2.28 bits per heavy atom. The quantitative estimate of drug-likeness (QED) is 0.312. The van der Waals surface area contributed by atoms with Gasteiger partial charge in [-0.15, -0.1) is 0 Å². The number of carbonyl (C=O) groups is 1. The molecule has 0 spiro atoms. The van der Waals surface area contributed by atoms with Gasteiger partial charge in [-0.05, 0) is 95.4 Å². The first-order valence-corrected chi connectivity index (χ1v) is 14.5. The zero-order chi connectivity index (χ0) is 31.1. The molecule has 1 N–H and O–H groups in total. The van der Waals surface area contributed by atoms with Crippen molar-refractivity contribution in [1.29, 1.82) is 0 Å². The summed E-state index contributed by atoms with van der Waals surface area (Å²) in [6.45, 7) is 6.38. The number of halogens is 1. The lowest BCUT2D eigenvalue weighted by atomic mass is 9.88. The van der Waals surface area contributed by atoms with Gasteiger partial charge in [-0.25, -0.2) is 23.5 Å². The number of pyridine rings is 1. The van der Waals surface area contributed by atoms with Gasteiger partial charge in [0, 0.05) is 24.2 Å². The Balaban J connectivity index is 1.57. The molecule has 10 heteroatoms. The predicted molar refractivity (Wildman–Crippen MR) is 165 cm³/mol. The van der Waals surface area contributed by atoms with Crippen LogP contribution in [0.15, 0.2) is 70.4 Å². The van der Waals surface area contributed by atoms with Crippen molar-refractivity contribution in [3.8, 4) is 16.8 Å². The average molecular weight is 588 g/mol. The van der Waals surface area contributed by atoms with Crippen LogP contribution in [0.25, 0.3) is 27.8 Å². The lowest BCUT2D eigenvalue weighted by Crippen LogP contribution is -2.53. The first kappa shape index (κ1) is 30.2. The SMILES string of the molecule is CN(C)Cc1ccc(-c2cccc(-n3c(=O)n([C@H]4CC[C@@H](N(C(=O)O)C(C)(C)C)CC4)c(=O)c4cc(F)cnc43)c2)cc1. The molecule has 0 bridgehead atoms. The fourth-order valence-corrected chi connectivity index (χ4v) is 6.30. The van der Waals surface area contributed by atoms with Crippen LogP contribution < -0.4 is 11.2 Å². The Bertz CT molecular complexity index is 1760. The van der Waals surface area contributed by atoms with Crippen LogP contribution >= 0.6 is 0 Å². The summed E-state index contributed by atoms with van der Waals surface area (Å²) in [6, 6.07) is 16.1. The number of benzene rings is 2. The molecule has 1 amide bonds. The van der Waals surface area contributed by atoms with E-state index in [1.165, 1.54) is 19.6 Å². The van der Waals surface area contributed by atoms with Crippen LogP contribution in [-0.2, 0) is 6.54 Å². The van der Waals surface area contributed by atoms with E-state index in [1.807, 2.05) is 65.2 Å². The largest absolute Gasteiger partial charge is 0.465 e. The van der Waals surface area contributed by atoms with Gasteiger partial charge in [-0.3, -0.25) is 9.36 Å². The van der Waals surface area contributed by atoms with Gasteiger partial charge in [0.1, 0.15) is 5.82 Å². The van der Waals surface area contributed by atoms with Gasteiger partial charge in [0.15, 0.2) is 5.65 Å². The van der Waals surface area contributed by atoms with Gasteiger partial charge < -0.3 is 14.9 Å². The molecule has 43 heavy (non-hydrogen) atoms. The maximum Gasteiger partial charge on any atom is 0.407 e. The van der Waals surface area contributed by atoms with Gasteiger partial charge in [0.05, 0.1) is 17.3 Å². The van der Waals surface area contributed by atoms with Crippen molar-refractivity contribution >= 4 is 17.1 Å². The molecule has 9 nitrogen and oxygen atoms in total. The summed E-state index contributed by atoms with van der Waals surface area (Å²) in [5.74, 6) is -0.668. The van der Waals surface area contributed by atoms with Crippen LogP contribution in [0.5, 0.6) is 0 Å². The van der Waals surface area contributed by atoms with Crippen LogP contribution in [-0.4, -0.2) is 60.8 Å². The Labute approximate surface area is 249 Å². The summed E-state index contributed by atoms with van der Waals surface area (Å²) in [7, 11) is 4.03. The molecule has 2 aromatic heterocycles. The summed E-state index contributed by atoms with van der Waals surface area (Å²) in [4.78, 5) is 47.6. The van der Waals surface area contributed by atoms with E-state index in [2.05, 4.69) is 22.0 Å². The van der Waals surface area contributed by atoms with Crippen molar-refractivity contribution in [2.75, 3.05) is 14.1 Å². The van der Waals surface area contributed by atoms with Gasteiger partial charge in [0.25, 0.3) is 5.56 Å². The molecular weight excluding hydrogens is 549 g/mol. The van der Waals surface area contributed by atoms with Crippen molar-refractivity contribution in [3.63, 3.8) is 0 Å². The number of amides is 1. The molecular formula is C33H38FN5O4. The first-order valence-electron chi connectivity index (χ1n) is 14.5. The maximum atomic E-state index is 14.4. The van der Waals surface area contributed by atoms with Crippen LogP contribution in [0, 0.1) is 5.82 Å². The number of fused-ring (bicyclic) bond motifs is 1. The normalized spacial score (nSPS) is 17.4. The highest BCUT2D eigenvalue weighted by Crippen LogP contribution is 2.33. The lowest BCUT2D eigenvalue weighted by molar-refractivity contribution is 0.0506. The fourth-order valence-electron chi connectivity index (χ4n) is 6.30. The van der Waals surface area contributed by atoms with Gasteiger partial charge in [0.2, 0.25) is 0 Å². The van der Waals surface area contributed by atoms with Gasteiger partial charge in [-0.1, -0.05) is 36.4 Å². The molecule has 2 heterocycles. The zero-order valence-corrected chi connectivity index (χ0v) is 25.2. The number of hydrogen-bond donors (Lipinski definition) is 1. The highest BCUT2D eigenvalue weighted by atomic mass is 19.1. The summed E-state index contributed by atoms with van der Waals surface area (Å²) in [6.07, 6.45) is 1.89. The number of carboxylic acid groups (broad SMARTS) is 1. The molecule has 1 aliphatic rings. The minimum absolute atomic E-state index is 0.0158. The summed E-state index contributed by atoms with van der Waals surface area (Å²) in [5, 5.41) is 9.88. The van der Waals surface area contributed by atoms with Crippen molar-refractivity contribution in [1.82, 2.24) is 23.9 Å². The van der Waals surface area contributed by atoms with E-state index in [9.17, 15) is 23.9 Å². The molecule has 0 atom stereocenters. The predicted octanol–water partition coefficient (Wildman–Crippen LogP) is 5.68. The van der Waals surface area contributed by atoms with Crippen molar-refractivity contribution in [2.24, 2.45) is 0 Å². The molecule has 0 aliphatic heterocycles. The van der Waals surface area contributed by atoms with E-state index in [-0.39, 0.29) is 17.1 Å². The van der Waals surface area contributed by atoms with E-state index >= 15 is 0 Å². The molecule has 1 fully saturated rings. The minimum Gasteiger partial charge on any atom is -0.465 e. The molecule has 0 radical (unpaired) electrons. The number of hydrogen-bond acceptors (Lipinski definition) is 5. The molecule has 1 aliphatic carbocycles. The third kappa shape index (κ3) is 6.10. The molecule has 1 saturated carbocycles. The minimum atomic E-state index is -0.991. The third-order valence-corrected chi connectivity index (χ3v) is 8.11. The standard InChI is InChI=1S/C33H38FN5O4/c1-33(2,3)39(32(42)43)26-15-13-25(14-16-26)38-30(40)28-18-24(34)19-35-29(28)37(31(38)41)27-8-6-7-23(17-27)22-11-9-21(10-12-22)20-36(4)5/h6-12,17-19,25-26H,13-16,20H2,1-5H3,(H,42,43)/t25-,26+. The second-order valence-electron chi connectivity index (χ2n) is 12.6. The molecule has 2 aromatic carbocycles. The van der Waals surface area contributed by atoms with Crippen LogP contribution in [0.1, 0.15) is 58.1 Å². The van der Waals surface area contributed by atoms with E-state index in [1.54, 1.807) is 6.07 Å². The van der Waals surface area contributed by atoms with Gasteiger partial charge >= 0.3 is 11.8 Å². The lowest BCUT2D eigenvalue weighted by Gasteiger charge is -2.42. The Hall–Kier alpha value is -4.31. The Morgan fingerprint density at radius 2 is 1.67 bits per heavy atom. The number of nitrogens with zero attached hydrogens (tertiary/aromatic N) is 5. The highest BCUT2D eigenvalue weighted by molar-refractivity contribution is 5.76. The molecule has 0 unspecified atom stereocenters. The second kappa shape index (κ2) is 11.8. The Kier molecular flexibility index (Phi) is 8.25. The zero-order valence-electron chi connectivity index (χ0n) is 25.2. The highest BCUT2D eigenvalue weighted by Gasteiger charge is 2.37. The van der Waals surface area contributed by atoms with E-state index in [0.717, 1.165) is 29.9 Å². The van der Waals surface area contributed by atoms with E-state index in [4.69, 9.17) is 0 Å². The second-order valence-corrected chi connectivity index (χ2v) is 12.6. The summed E-state index contributed by atoms with van der Waals surface area (Å²) in [5.41, 5.74) is 1.89. The first-order chi connectivity index (χ1) is 20.3. The van der Waals surface area contributed by atoms with E-state index < -0.39 is 34.7 Å². The monoisotopic (exact) mass is 587 g/mol. The third-order valence-electron chi connectivity index (χ3n) is 8.11.